The molecule has 0 radical (unpaired) electrons. The van der Waals surface area contributed by atoms with Crippen molar-refractivity contribution in [3.05, 3.63) is 23.9 Å². The van der Waals surface area contributed by atoms with E-state index in [1.165, 1.54) is 0 Å². The van der Waals surface area contributed by atoms with Gasteiger partial charge in [-0.1, -0.05) is 13.8 Å². The Kier molecular flexibility index (Phi) is 4.63. The smallest absolute Gasteiger partial charge is 0.306 e. The predicted molar refractivity (Wildman–Crippen MR) is 79.1 cm³/mol. The maximum absolute atomic E-state index is 11.5. The molecule has 0 aliphatic heterocycles. The first-order valence-electron chi connectivity index (χ1n) is 7.40. The molecule has 1 heterocycles. The molecule has 0 amide bonds. The van der Waals surface area contributed by atoms with E-state index in [9.17, 15) is 9.90 Å². The van der Waals surface area contributed by atoms with Crippen molar-refractivity contribution in [2.45, 2.75) is 39.5 Å². The largest absolute Gasteiger partial charge is 0.481 e. The number of nitrogens with zero attached hydrogens (tertiary/aromatic N) is 1. The van der Waals surface area contributed by atoms with Crippen molar-refractivity contribution in [3.63, 3.8) is 0 Å². The minimum absolute atomic E-state index is 0.204. The van der Waals surface area contributed by atoms with Crippen LogP contribution in [-0.4, -0.2) is 16.1 Å². The zero-order valence-corrected chi connectivity index (χ0v) is 12.2. The standard InChI is InChI=1S/C16H24N2O2/c1-10(2)12-3-4-14(16(19)20)13(9-12)7-11-5-6-18-15(17)8-11/h5-6,8,10,12-14H,3-4,7,9H2,1-2H3,(H2,17,18)(H,19,20). The number of nitrogens with two attached hydrogens (primary N) is 1. The van der Waals surface area contributed by atoms with Crippen LogP contribution < -0.4 is 5.73 Å². The van der Waals surface area contributed by atoms with E-state index in [0.29, 0.717) is 17.7 Å². The molecule has 0 bridgehead atoms. The van der Waals surface area contributed by atoms with E-state index in [2.05, 4.69) is 18.8 Å². The topological polar surface area (TPSA) is 76.2 Å². The molecule has 0 aromatic carbocycles. The summed E-state index contributed by atoms with van der Waals surface area (Å²) in [5, 5.41) is 9.43. The number of nitrogen functional groups attached to an aromatic ring is 1. The van der Waals surface area contributed by atoms with Gasteiger partial charge in [0.15, 0.2) is 0 Å². The van der Waals surface area contributed by atoms with Crippen LogP contribution >= 0.6 is 0 Å². The van der Waals surface area contributed by atoms with Gasteiger partial charge in [0.1, 0.15) is 5.82 Å². The fourth-order valence-corrected chi connectivity index (χ4v) is 3.38. The van der Waals surface area contributed by atoms with Gasteiger partial charge in [-0.05, 0) is 61.1 Å². The fourth-order valence-electron chi connectivity index (χ4n) is 3.38. The predicted octanol–water partition coefficient (Wildman–Crippen LogP) is 2.98. The van der Waals surface area contributed by atoms with E-state index in [1.54, 1.807) is 6.20 Å². The number of hydrogen-bond donors (Lipinski definition) is 2. The number of hydrogen-bond acceptors (Lipinski definition) is 3. The Bertz CT molecular complexity index is 473. The summed E-state index contributed by atoms with van der Waals surface area (Å²) in [4.78, 5) is 15.5. The van der Waals surface area contributed by atoms with Crippen LogP contribution in [0.2, 0.25) is 0 Å². The maximum atomic E-state index is 11.5. The molecule has 1 aliphatic rings. The second kappa shape index (κ2) is 6.25. The summed E-state index contributed by atoms with van der Waals surface area (Å²) >= 11 is 0. The van der Waals surface area contributed by atoms with Gasteiger partial charge in [-0.3, -0.25) is 4.79 Å². The van der Waals surface area contributed by atoms with Crippen molar-refractivity contribution >= 4 is 11.8 Å². The number of rotatable bonds is 4. The number of carboxylic acid groups (broad SMARTS) is 1. The fraction of sp³-hybridized carbons (Fsp3) is 0.625. The van der Waals surface area contributed by atoms with E-state index >= 15 is 0 Å². The number of carbonyl (C=O) groups is 1. The lowest BCUT2D eigenvalue weighted by Crippen LogP contribution is -2.33. The SMILES string of the molecule is CC(C)C1CCC(C(=O)O)C(Cc2ccnc(N)c2)C1. The van der Waals surface area contributed by atoms with Crippen LogP contribution in [0.4, 0.5) is 5.82 Å². The van der Waals surface area contributed by atoms with E-state index < -0.39 is 5.97 Å². The molecule has 4 heteroatoms. The summed E-state index contributed by atoms with van der Waals surface area (Å²) in [5.74, 6) is 1.09. The Balaban J connectivity index is 2.13. The Morgan fingerprint density at radius 2 is 2.25 bits per heavy atom. The molecule has 1 aromatic heterocycles. The van der Waals surface area contributed by atoms with E-state index in [4.69, 9.17) is 5.73 Å². The van der Waals surface area contributed by atoms with Crippen LogP contribution in [0.15, 0.2) is 18.3 Å². The van der Waals surface area contributed by atoms with Gasteiger partial charge in [0.2, 0.25) is 0 Å². The molecule has 1 aromatic rings. The van der Waals surface area contributed by atoms with E-state index in [0.717, 1.165) is 31.2 Å². The van der Waals surface area contributed by atoms with E-state index in [1.807, 2.05) is 12.1 Å². The highest BCUT2D eigenvalue weighted by Crippen LogP contribution is 2.39. The molecule has 0 spiro atoms. The summed E-state index contributed by atoms with van der Waals surface area (Å²) in [6.07, 6.45) is 5.31. The van der Waals surface area contributed by atoms with Gasteiger partial charge in [-0.15, -0.1) is 0 Å². The monoisotopic (exact) mass is 276 g/mol. The molecule has 1 aliphatic carbocycles. The first-order valence-corrected chi connectivity index (χ1v) is 7.40. The van der Waals surface area contributed by atoms with Gasteiger partial charge in [0, 0.05) is 6.20 Å². The van der Waals surface area contributed by atoms with Gasteiger partial charge < -0.3 is 10.8 Å². The van der Waals surface area contributed by atoms with Crippen molar-refractivity contribution in [2.75, 3.05) is 5.73 Å². The van der Waals surface area contributed by atoms with Crippen molar-refractivity contribution < 1.29 is 9.90 Å². The number of pyridine rings is 1. The van der Waals surface area contributed by atoms with Crippen molar-refractivity contribution in [1.29, 1.82) is 0 Å². The lowest BCUT2D eigenvalue weighted by atomic mass is 9.69. The molecule has 1 saturated carbocycles. The highest BCUT2D eigenvalue weighted by Gasteiger charge is 2.35. The van der Waals surface area contributed by atoms with Gasteiger partial charge in [0.25, 0.3) is 0 Å². The summed E-state index contributed by atoms with van der Waals surface area (Å²) < 4.78 is 0. The van der Waals surface area contributed by atoms with Crippen molar-refractivity contribution in [3.8, 4) is 0 Å². The highest BCUT2D eigenvalue weighted by atomic mass is 16.4. The van der Waals surface area contributed by atoms with Gasteiger partial charge in [-0.2, -0.15) is 0 Å². The third kappa shape index (κ3) is 3.50. The molecular weight excluding hydrogens is 252 g/mol. The summed E-state index contributed by atoms with van der Waals surface area (Å²) in [7, 11) is 0. The molecular formula is C16H24N2O2. The Hall–Kier alpha value is -1.58. The number of aliphatic carboxylic acids is 1. The second-order valence-electron chi connectivity index (χ2n) is 6.32. The summed E-state index contributed by atoms with van der Waals surface area (Å²) in [6.45, 7) is 4.46. The molecule has 3 atom stereocenters. The lowest BCUT2D eigenvalue weighted by Gasteiger charge is -2.36. The third-order valence-corrected chi connectivity index (χ3v) is 4.63. The second-order valence-corrected chi connectivity index (χ2v) is 6.32. The quantitative estimate of drug-likeness (QED) is 0.886. The molecule has 3 unspecified atom stereocenters. The van der Waals surface area contributed by atoms with Crippen molar-refractivity contribution in [1.82, 2.24) is 4.98 Å². The van der Waals surface area contributed by atoms with Gasteiger partial charge in [-0.25, -0.2) is 4.98 Å². The maximum Gasteiger partial charge on any atom is 0.306 e. The van der Waals surface area contributed by atoms with Crippen LogP contribution in [0.3, 0.4) is 0 Å². The molecule has 1 fully saturated rings. The number of carboxylic acids is 1. The first kappa shape index (κ1) is 14.8. The zero-order valence-electron chi connectivity index (χ0n) is 12.2. The molecule has 20 heavy (non-hydrogen) atoms. The molecule has 110 valence electrons. The van der Waals surface area contributed by atoms with Gasteiger partial charge in [0.05, 0.1) is 5.92 Å². The molecule has 2 rings (SSSR count). The van der Waals surface area contributed by atoms with Crippen LogP contribution in [0.5, 0.6) is 0 Å². The average Bonchev–Trinajstić information content (AvgIpc) is 2.38. The normalized spacial score (nSPS) is 26.6. The average molecular weight is 276 g/mol. The third-order valence-electron chi connectivity index (χ3n) is 4.63. The highest BCUT2D eigenvalue weighted by molar-refractivity contribution is 5.70. The minimum atomic E-state index is -0.653. The van der Waals surface area contributed by atoms with Crippen LogP contribution in [-0.2, 0) is 11.2 Å². The Labute approximate surface area is 120 Å². The summed E-state index contributed by atoms with van der Waals surface area (Å²) in [6, 6.07) is 3.80. The Morgan fingerprint density at radius 3 is 2.85 bits per heavy atom. The Morgan fingerprint density at radius 1 is 1.50 bits per heavy atom. The van der Waals surface area contributed by atoms with Crippen LogP contribution in [0, 0.1) is 23.7 Å². The molecule has 4 nitrogen and oxygen atoms in total. The number of anilines is 1. The van der Waals surface area contributed by atoms with E-state index in [-0.39, 0.29) is 11.8 Å². The number of aromatic nitrogens is 1. The summed E-state index contributed by atoms with van der Waals surface area (Å²) in [5.41, 5.74) is 6.80. The zero-order chi connectivity index (χ0) is 14.7. The minimum Gasteiger partial charge on any atom is -0.481 e. The van der Waals surface area contributed by atoms with Crippen LogP contribution in [0.25, 0.3) is 0 Å². The molecule has 0 saturated heterocycles. The molecule has 3 N–H and O–H groups in total. The first-order chi connectivity index (χ1) is 9.47. The lowest BCUT2D eigenvalue weighted by molar-refractivity contribution is -0.145. The van der Waals surface area contributed by atoms with Crippen molar-refractivity contribution in [2.24, 2.45) is 23.7 Å². The van der Waals surface area contributed by atoms with Gasteiger partial charge >= 0.3 is 5.97 Å². The van der Waals surface area contributed by atoms with Crippen LogP contribution in [0.1, 0.15) is 38.7 Å².